The molecule has 2 heterocycles. The Balaban J connectivity index is 1.96. The van der Waals surface area contributed by atoms with Crippen molar-refractivity contribution in [2.75, 3.05) is 5.75 Å². The fourth-order valence-electron chi connectivity index (χ4n) is 2.29. The van der Waals surface area contributed by atoms with Gasteiger partial charge in [0.2, 0.25) is 0 Å². The molecule has 0 radical (unpaired) electrons. The minimum atomic E-state index is -0.491. The van der Waals surface area contributed by atoms with Crippen molar-refractivity contribution in [3.8, 4) is 0 Å². The molecule has 0 aliphatic carbocycles. The Morgan fingerprint density at radius 3 is 3.12 bits per heavy atom. The van der Waals surface area contributed by atoms with Gasteiger partial charge in [0.05, 0.1) is 5.60 Å². The first-order chi connectivity index (χ1) is 7.62. The number of thioether (sulfide) groups is 1. The van der Waals surface area contributed by atoms with Gasteiger partial charge in [0.25, 0.3) is 0 Å². The second-order valence-corrected chi connectivity index (χ2v) is 6.12. The summed E-state index contributed by atoms with van der Waals surface area (Å²) in [5, 5.41) is 10.9. The van der Waals surface area contributed by atoms with Gasteiger partial charge in [0.1, 0.15) is 5.82 Å². The fourth-order valence-corrected chi connectivity index (χ4v) is 3.50. The molecule has 90 valence electrons. The topological polar surface area (TPSA) is 38.1 Å². The predicted octanol–water partition coefficient (Wildman–Crippen LogP) is 2.00. The zero-order chi connectivity index (χ0) is 11.6. The first kappa shape index (κ1) is 12.0. The molecular weight excluding hydrogens is 220 g/mol. The van der Waals surface area contributed by atoms with Crippen LogP contribution in [0.5, 0.6) is 0 Å². The average molecular weight is 240 g/mol. The van der Waals surface area contributed by atoms with Crippen LogP contribution in [0.2, 0.25) is 0 Å². The number of rotatable bonds is 3. The highest BCUT2D eigenvalue weighted by atomic mass is 32.2. The molecule has 2 rings (SSSR count). The molecule has 0 amide bonds. The summed E-state index contributed by atoms with van der Waals surface area (Å²) in [6, 6.07) is 0. The molecule has 0 spiro atoms. The van der Waals surface area contributed by atoms with E-state index in [0.717, 1.165) is 31.5 Å². The van der Waals surface area contributed by atoms with Crippen molar-refractivity contribution < 1.29 is 5.11 Å². The van der Waals surface area contributed by atoms with Crippen LogP contribution in [0.1, 0.15) is 32.0 Å². The van der Waals surface area contributed by atoms with Crippen LogP contribution in [0.3, 0.4) is 0 Å². The van der Waals surface area contributed by atoms with E-state index in [9.17, 15) is 5.11 Å². The fraction of sp³-hybridized carbons (Fsp3) is 0.750. The number of nitrogens with zero attached hydrogens (tertiary/aromatic N) is 2. The van der Waals surface area contributed by atoms with Gasteiger partial charge in [-0.3, -0.25) is 0 Å². The summed E-state index contributed by atoms with van der Waals surface area (Å²) in [4.78, 5) is 4.30. The summed E-state index contributed by atoms with van der Waals surface area (Å²) in [6.07, 6.45) is 7.53. The maximum Gasteiger partial charge on any atom is 0.108 e. The first-order valence-corrected chi connectivity index (χ1v) is 6.97. The highest BCUT2D eigenvalue weighted by Crippen LogP contribution is 2.36. The van der Waals surface area contributed by atoms with Crippen LogP contribution in [0.4, 0.5) is 0 Å². The number of aliphatic hydroxyl groups is 1. The molecular formula is C12H20N2OS. The molecule has 1 aromatic heterocycles. The molecule has 1 saturated heterocycles. The van der Waals surface area contributed by atoms with E-state index in [0.29, 0.717) is 5.25 Å². The van der Waals surface area contributed by atoms with Gasteiger partial charge >= 0.3 is 0 Å². The van der Waals surface area contributed by atoms with Crippen LogP contribution in [-0.4, -0.2) is 31.3 Å². The van der Waals surface area contributed by atoms with Crippen LogP contribution in [0.25, 0.3) is 0 Å². The lowest BCUT2D eigenvalue weighted by Crippen LogP contribution is -2.42. The number of aromatic nitrogens is 2. The number of imidazole rings is 1. The van der Waals surface area contributed by atoms with Gasteiger partial charge in [-0.25, -0.2) is 4.98 Å². The monoisotopic (exact) mass is 240 g/mol. The normalized spacial score (nSPS) is 30.6. The largest absolute Gasteiger partial charge is 0.389 e. The van der Waals surface area contributed by atoms with Crippen molar-refractivity contribution in [2.24, 2.45) is 7.05 Å². The quantitative estimate of drug-likeness (QED) is 0.878. The second kappa shape index (κ2) is 4.80. The second-order valence-electron chi connectivity index (χ2n) is 4.67. The molecule has 1 aromatic rings. The standard InChI is InChI=1S/C12H20N2OS/c1-10-12(15,5-3-9-16-10)6-4-11-13-7-8-14(11)2/h7-8,10,15H,3-6,9H2,1-2H3. The third-order valence-corrected chi connectivity index (χ3v) is 5.04. The SMILES string of the molecule is CC1SCCCC1(O)CCc1nccn1C. The Bertz CT molecular complexity index is 353. The minimum Gasteiger partial charge on any atom is -0.389 e. The Hall–Kier alpha value is -0.480. The van der Waals surface area contributed by atoms with Crippen LogP contribution in [-0.2, 0) is 13.5 Å². The van der Waals surface area contributed by atoms with Crippen molar-refractivity contribution in [2.45, 2.75) is 43.5 Å². The lowest BCUT2D eigenvalue weighted by molar-refractivity contribution is 0.0206. The highest BCUT2D eigenvalue weighted by molar-refractivity contribution is 8.00. The van der Waals surface area contributed by atoms with E-state index in [-0.39, 0.29) is 0 Å². The molecule has 0 bridgehead atoms. The average Bonchev–Trinajstić information content (AvgIpc) is 2.66. The maximum absolute atomic E-state index is 10.6. The molecule has 1 aliphatic rings. The van der Waals surface area contributed by atoms with Gasteiger partial charge in [0, 0.05) is 31.1 Å². The van der Waals surface area contributed by atoms with Gasteiger partial charge in [-0.15, -0.1) is 0 Å². The zero-order valence-corrected chi connectivity index (χ0v) is 10.8. The summed E-state index contributed by atoms with van der Waals surface area (Å²) in [6.45, 7) is 2.14. The molecule has 0 aromatic carbocycles. The van der Waals surface area contributed by atoms with Gasteiger partial charge < -0.3 is 9.67 Å². The van der Waals surface area contributed by atoms with Gasteiger partial charge in [-0.2, -0.15) is 11.8 Å². The summed E-state index contributed by atoms with van der Waals surface area (Å²) in [5.41, 5.74) is -0.491. The van der Waals surface area contributed by atoms with Crippen molar-refractivity contribution in [1.82, 2.24) is 9.55 Å². The van der Waals surface area contributed by atoms with E-state index in [4.69, 9.17) is 0 Å². The molecule has 1 fully saturated rings. The summed E-state index contributed by atoms with van der Waals surface area (Å²) in [5.74, 6) is 2.25. The van der Waals surface area contributed by atoms with Gasteiger partial charge in [-0.05, 0) is 25.0 Å². The highest BCUT2D eigenvalue weighted by Gasteiger charge is 2.36. The molecule has 1 N–H and O–H groups in total. The van der Waals surface area contributed by atoms with Gasteiger partial charge in [0.15, 0.2) is 0 Å². The van der Waals surface area contributed by atoms with Crippen LogP contribution in [0, 0.1) is 0 Å². The van der Waals surface area contributed by atoms with Crippen LogP contribution >= 0.6 is 11.8 Å². The molecule has 4 heteroatoms. The Kier molecular flexibility index (Phi) is 3.60. The van der Waals surface area contributed by atoms with Crippen LogP contribution in [0.15, 0.2) is 12.4 Å². The van der Waals surface area contributed by atoms with E-state index in [1.807, 2.05) is 35.8 Å². The molecule has 2 unspecified atom stereocenters. The Morgan fingerprint density at radius 2 is 2.50 bits per heavy atom. The van der Waals surface area contributed by atoms with E-state index in [2.05, 4.69) is 11.9 Å². The third-order valence-electron chi connectivity index (χ3n) is 3.58. The van der Waals surface area contributed by atoms with Crippen molar-refractivity contribution in [3.05, 3.63) is 18.2 Å². The van der Waals surface area contributed by atoms with Crippen LogP contribution < -0.4 is 0 Å². The van der Waals surface area contributed by atoms with Crippen molar-refractivity contribution in [3.63, 3.8) is 0 Å². The number of aryl methyl sites for hydroxylation is 2. The first-order valence-electron chi connectivity index (χ1n) is 5.92. The third kappa shape index (κ3) is 2.43. The number of hydrogen-bond donors (Lipinski definition) is 1. The summed E-state index contributed by atoms with van der Waals surface area (Å²) >= 11 is 1.89. The lowest BCUT2D eigenvalue weighted by Gasteiger charge is -2.37. The van der Waals surface area contributed by atoms with E-state index >= 15 is 0 Å². The summed E-state index contributed by atoms with van der Waals surface area (Å²) < 4.78 is 2.03. The van der Waals surface area contributed by atoms with E-state index in [1.54, 1.807) is 0 Å². The molecule has 0 saturated carbocycles. The smallest absolute Gasteiger partial charge is 0.108 e. The van der Waals surface area contributed by atoms with Crippen molar-refractivity contribution >= 4 is 11.8 Å². The Morgan fingerprint density at radius 1 is 1.69 bits per heavy atom. The Labute approximate surface area is 101 Å². The minimum absolute atomic E-state index is 0.349. The molecule has 3 nitrogen and oxygen atoms in total. The molecule has 16 heavy (non-hydrogen) atoms. The van der Waals surface area contributed by atoms with Gasteiger partial charge in [-0.1, -0.05) is 6.92 Å². The van der Waals surface area contributed by atoms with Crippen molar-refractivity contribution in [1.29, 1.82) is 0 Å². The predicted molar refractivity (Wildman–Crippen MR) is 67.6 cm³/mol. The van der Waals surface area contributed by atoms with E-state index < -0.39 is 5.60 Å². The zero-order valence-electron chi connectivity index (χ0n) is 10.0. The van der Waals surface area contributed by atoms with E-state index in [1.165, 1.54) is 5.75 Å². The molecule has 1 aliphatic heterocycles. The lowest BCUT2D eigenvalue weighted by atomic mass is 9.89. The maximum atomic E-state index is 10.6. The summed E-state index contributed by atoms with van der Waals surface area (Å²) in [7, 11) is 2.01. The number of hydrogen-bond acceptors (Lipinski definition) is 3. The molecule has 2 atom stereocenters.